The molecule has 8 heteroatoms. The van der Waals surface area contributed by atoms with Crippen molar-refractivity contribution >= 4 is 22.8 Å². The monoisotopic (exact) mass is 380 g/mol. The van der Waals surface area contributed by atoms with Gasteiger partial charge in [-0.15, -0.1) is 0 Å². The van der Waals surface area contributed by atoms with E-state index in [0.717, 1.165) is 28.1 Å². The summed E-state index contributed by atoms with van der Waals surface area (Å²) in [7, 11) is 1.71. The van der Waals surface area contributed by atoms with E-state index in [1.807, 2.05) is 37.3 Å². The number of nitrogens with two attached hydrogens (primary N) is 1. The minimum atomic E-state index is -0.232. The van der Waals surface area contributed by atoms with Crippen LogP contribution in [0.15, 0.2) is 36.5 Å². The molecule has 0 aliphatic carbocycles. The first-order valence-electron chi connectivity index (χ1n) is 9.43. The highest BCUT2D eigenvalue weighted by atomic mass is 16.5. The van der Waals surface area contributed by atoms with Crippen molar-refractivity contribution in [2.45, 2.75) is 6.92 Å². The van der Waals surface area contributed by atoms with Crippen molar-refractivity contribution < 1.29 is 9.38 Å². The van der Waals surface area contributed by atoms with Gasteiger partial charge in [0.15, 0.2) is 5.65 Å². The Morgan fingerprint density at radius 1 is 1.18 bits per heavy atom. The van der Waals surface area contributed by atoms with Crippen LogP contribution in [0, 0.1) is 5.21 Å². The SMILES string of the molecule is CCOc1ccccc1-c1cc2cnc(N)nc2nc1N1CC[N+](C)([O-])CC1. The largest absolute Gasteiger partial charge is 0.633 e. The number of nitrogen functional groups attached to an aromatic ring is 1. The third-order valence-electron chi connectivity index (χ3n) is 5.03. The second kappa shape index (κ2) is 7.21. The standard InChI is InChI=1S/C20H24N6O2/c1-3-28-17-7-5-4-6-15(17)16-12-14-13-22-20(21)24-18(14)23-19(16)25-8-10-26(2,27)11-9-25/h4-7,12-13H,3,8-11H2,1-2H3,(H2,21,22,23,24). The lowest BCUT2D eigenvalue weighted by Gasteiger charge is -2.45. The first-order valence-corrected chi connectivity index (χ1v) is 9.43. The topological polar surface area (TPSA) is 100 Å². The van der Waals surface area contributed by atoms with E-state index in [1.165, 1.54) is 0 Å². The average molecular weight is 380 g/mol. The van der Waals surface area contributed by atoms with Crippen LogP contribution < -0.4 is 15.4 Å². The first kappa shape index (κ1) is 18.4. The number of ether oxygens (including phenoxy) is 1. The summed E-state index contributed by atoms with van der Waals surface area (Å²) >= 11 is 0. The molecule has 1 saturated heterocycles. The van der Waals surface area contributed by atoms with Gasteiger partial charge in [0.25, 0.3) is 0 Å². The highest BCUT2D eigenvalue weighted by Gasteiger charge is 2.26. The average Bonchev–Trinajstić information content (AvgIpc) is 2.68. The lowest BCUT2D eigenvalue weighted by atomic mass is 10.0. The molecule has 2 aromatic heterocycles. The normalized spacial score (nSPS) is 16.3. The molecule has 0 spiro atoms. The number of fused-ring (bicyclic) bond motifs is 1. The van der Waals surface area contributed by atoms with E-state index in [9.17, 15) is 5.21 Å². The number of anilines is 2. The Kier molecular flexibility index (Phi) is 4.74. The predicted octanol–water partition coefficient (Wildman–Crippen LogP) is 2.44. The molecular formula is C20H24N6O2. The van der Waals surface area contributed by atoms with E-state index in [-0.39, 0.29) is 10.6 Å². The van der Waals surface area contributed by atoms with Gasteiger partial charge in [-0.3, -0.25) is 0 Å². The van der Waals surface area contributed by atoms with Crippen LogP contribution in [0.4, 0.5) is 11.8 Å². The van der Waals surface area contributed by atoms with Crippen molar-refractivity contribution in [1.82, 2.24) is 15.0 Å². The number of para-hydroxylation sites is 1. The third kappa shape index (κ3) is 3.56. The minimum absolute atomic E-state index is 0.191. The van der Waals surface area contributed by atoms with Crippen molar-refractivity contribution in [3.63, 3.8) is 0 Å². The van der Waals surface area contributed by atoms with Crippen LogP contribution in [-0.4, -0.2) is 59.4 Å². The molecule has 8 nitrogen and oxygen atoms in total. The van der Waals surface area contributed by atoms with Gasteiger partial charge in [0.05, 0.1) is 39.8 Å². The molecule has 1 aliphatic rings. The summed E-state index contributed by atoms with van der Waals surface area (Å²) in [5.74, 6) is 1.78. The summed E-state index contributed by atoms with van der Waals surface area (Å²) in [6.07, 6.45) is 1.68. The molecule has 1 aromatic carbocycles. The number of hydroxylamine groups is 3. The molecule has 0 bridgehead atoms. The number of aromatic nitrogens is 3. The van der Waals surface area contributed by atoms with Crippen LogP contribution in [0.25, 0.3) is 22.2 Å². The van der Waals surface area contributed by atoms with E-state index in [2.05, 4.69) is 14.9 Å². The fourth-order valence-corrected chi connectivity index (χ4v) is 3.48. The fourth-order valence-electron chi connectivity index (χ4n) is 3.48. The summed E-state index contributed by atoms with van der Waals surface area (Å²) < 4.78 is 5.62. The Balaban J connectivity index is 1.88. The number of piperazine rings is 1. The third-order valence-corrected chi connectivity index (χ3v) is 5.03. The van der Waals surface area contributed by atoms with Gasteiger partial charge in [0.2, 0.25) is 5.95 Å². The number of rotatable bonds is 4. The Morgan fingerprint density at radius 2 is 1.93 bits per heavy atom. The highest BCUT2D eigenvalue weighted by molar-refractivity contribution is 5.89. The molecule has 0 amide bonds. The number of pyridine rings is 1. The second-order valence-electron chi connectivity index (χ2n) is 7.16. The zero-order chi connectivity index (χ0) is 19.7. The van der Waals surface area contributed by atoms with Gasteiger partial charge in [-0.2, -0.15) is 4.98 Å². The molecule has 0 atom stereocenters. The Hall–Kier alpha value is -2.97. The van der Waals surface area contributed by atoms with E-state index in [1.54, 1.807) is 13.2 Å². The van der Waals surface area contributed by atoms with Crippen molar-refractivity contribution in [2.24, 2.45) is 0 Å². The number of hydrogen-bond donors (Lipinski definition) is 1. The lowest BCUT2D eigenvalue weighted by Crippen LogP contribution is -2.54. The van der Waals surface area contributed by atoms with E-state index in [4.69, 9.17) is 15.5 Å². The summed E-state index contributed by atoms with van der Waals surface area (Å²) in [6.45, 7) is 4.81. The maximum Gasteiger partial charge on any atom is 0.222 e. The number of hydrogen-bond acceptors (Lipinski definition) is 7. The van der Waals surface area contributed by atoms with Gasteiger partial charge in [-0.05, 0) is 19.1 Å². The van der Waals surface area contributed by atoms with Gasteiger partial charge in [-0.1, -0.05) is 18.2 Å². The predicted molar refractivity (Wildman–Crippen MR) is 110 cm³/mol. The summed E-state index contributed by atoms with van der Waals surface area (Å²) in [5.41, 5.74) is 8.20. The van der Waals surface area contributed by atoms with E-state index < -0.39 is 0 Å². The molecule has 0 unspecified atom stereocenters. The van der Waals surface area contributed by atoms with Gasteiger partial charge in [0.1, 0.15) is 11.6 Å². The zero-order valence-electron chi connectivity index (χ0n) is 16.1. The first-order chi connectivity index (χ1) is 13.5. The van der Waals surface area contributed by atoms with Crippen molar-refractivity contribution in [3.05, 3.63) is 41.7 Å². The maximum absolute atomic E-state index is 12.3. The van der Waals surface area contributed by atoms with Gasteiger partial charge < -0.3 is 25.2 Å². The molecule has 1 aliphatic heterocycles. The quantitative estimate of drug-likeness (QED) is 0.548. The Labute approximate surface area is 163 Å². The van der Waals surface area contributed by atoms with Crippen molar-refractivity contribution in [1.29, 1.82) is 0 Å². The van der Waals surface area contributed by atoms with Gasteiger partial charge >= 0.3 is 0 Å². The Morgan fingerprint density at radius 3 is 2.68 bits per heavy atom. The molecule has 0 radical (unpaired) electrons. The molecule has 3 heterocycles. The van der Waals surface area contributed by atoms with Crippen LogP contribution in [0.3, 0.4) is 0 Å². The maximum atomic E-state index is 12.3. The van der Waals surface area contributed by atoms with Crippen molar-refractivity contribution in [2.75, 3.05) is 50.5 Å². The molecule has 3 aromatic rings. The van der Waals surface area contributed by atoms with Gasteiger partial charge in [-0.25, -0.2) is 9.97 Å². The van der Waals surface area contributed by atoms with Crippen LogP contribution >= 0.6 is 0 Å². The number of benzene rings is 1. The van der Waals surface area contributed by atoms with Crippen LogP contribution in [0.2, 0.25) is 0 Å². The minimum Gasteiger partial charge on any atom is -0.633 e. The highest BCUT2D eigenvalue weighted by Crippen LogP contribution is 2.38. The molecule has 146 valence electrons. The fraction of sp³-hybridized carbons (Fsp3) is 0.350. The number of likely N-dealkylation sites (N-methyl/N-ethyl adjacent to an activating group) is 1. The molecule has 28 heavy (non-hydrogen) atoms. The summed E-state index contributed by atoms with van der Waals surface area (Å²) in [4.78, 5) is 15.3. The summed E-state index contributed by atoms with van der Waals surface area (Å²) in [6, 6.07) is 9.93. The smallest absolute Gasteiger partial charge is 0.222 e. The van der Waals surface area contributed by atoms with E-state index in [0.29, 0.717) is 38.4 Å². The van der Waals surface area contributed by atoms with Crippen LogP contribution in [0.5, 0.6) is 5.75 Å². The lowest BCUT2D eigenvalue weighted by molar-refractivity contribution is -0.861. The van der Waals surface area contributed by atoms with Crippen molar-refractivity contribution in [3.8, 4) is 16.9 Å². The number of nitrogens with zero attached hydrogens (tertiary/aromatic N) is 5. The molecular weight excluding hydrogens is 356 g/mol. The zero-order valence-corrected chi connectivity index (χ0v) is 16.1. The molecule has 1 fully saturated rings. The Bertz CT molecular complexity index is 997. The molecule has 4 rings (SSSR count). The molecule has 0 saturated carbocycles. The number of quaternary nitrogens is 1. The summed E-state index contributed by atoms with van der Waals surface area (Å²) in [5, 5.41) is 13.1. The van der Waals surface area contributed by atoms with Gasteiger partial charge in [0, 0.05) is 22.7 Å². The second-order valence-corrected chi connectivity index (χ2v) is 7.16. The van der Waals surface area contributed by atoms with Crippen LogP contribution in [-0.2, 0) is 0 Å². The van der Waals surface area contributed by atoms with Crippen LogP contribution in [0.1, 0.15) is 6.92 Å². The molecule has 2 N–H and O–H groups in total. The van der Waals surface area contributed by atoms with E-state index >= 15 is 0 Å².